The van der Waals surface area contributed by atoms with Crippen LogP contribution in [0, 0.1) is 0 Å². The van der Waals surface area contributed by atoms with Crippen LogP contribution < -0.4 is 10.3 Å². The molecule has 5 heteroatoms. The number of nitrogens with zero attached hydrogens (tertiary/aromatic N) is 2. The van der Waals surface area contributed by atoms with Gasteiger partial charge in [0.05, 0.1) is 24.6 Å². The average Bonchev–Trinajstić information content (AvgIpc) is 2.81. The summed E-state index contributed by atoms with van der Waals surface area (Å²) < 4.78 is 7.03. The molecule has 1 aromatic heterocycles. The second kappa shape index (κ2) is 9.40. The monoisotopic (exact) mass is 430 g/mol. The third kappa shape index (κ3) is 4.67. The van der Waals surface area contributed by atoms with Crippen molar-refractivity contribution in [1.82, 2.24) is 9.55 Å². The number of aromatic nitrogens is 2. The zero-order valence-corrected chi connectivity index (χ0v) is 18.9. The maximum Gasteiger partial charge on any atom is 0.262 e. The number of hydrogen-bond donors (Lipinski definition) is 0. The Kier molecular flexibility index (Phi) is 6.42. The number of ether oxygens (including phenoxy) is 1. The van der Waals surface area contributed by atoms with Crippen LogP contribution in [0.2, 0.25) is 0 Å². The lowest BCUT2D eigenvalue weighted by molar-refractivity contribution is 0.414. The minimum Gasteiger partial charge on any atom is -0.497 e. The van der Waals surface area contributed by atoms with E-state index in [0.29, 0.717) is 11.9 Å². The van der Waals surface area contributed by atoms with Crippen LogP contribution in [0.1, 0.15) is 29.5 Å². The smallest absolute Gasteiger partial charge is 0.262 e. The van der Waals surface area contributed by atoms with Crippen molar-refractivity contribution in [3.8, 4) is 5.75 Å². The van der Waals surface area contributed by atoms with Crippen LogP contribution in [-0.2, 0) is 13.0 Å². The summed E-state index contributed by atoms with van der Waals surface area (Å²) in [5.41, 5.74) is 4.23. The van der Waals surface area contributed by atoms with E-state index in [2.05, 4.69) is 25.1 Å². The summed E-state index contributed by atoms with van der Waals surface area (Å²) in [6.07, 6.45) is 2.85. The molecule has 1 heterocycles. The minimum atomic E-state index is 0.0108. The van der Waals surface area contributed by atoms with Crippen LogP contribution in [0.5, 0.6) is 5.75 Å². The van der Waals surface area contributed by atoms with Crippen LogP contribution >= 0.6 is 11.8 Å². The highest BCUT2D eigenvalue weighted by Crippen LogP contribution is 2.25. The van der Waals surface area contributed by atoms with Gasteiger partial charge in [0.15, 0.2) is 5.16 Å². The van der Waals surface area contributed by atoms with E-state index in [1.807, 2.05) is 60.9 Å². The van der Waals surface area contributed by atoms with Gasteiger partial charge in [-0.15, -0.1) is 0 Å². The molecule has 0 N–H and O–H groups in total. The normalized spacial score (nSPS) is 12.1. The molecule has 4 nitrogen and oxygen atoms in total. The molecule has 0 aliphatic rings. The van der Waals surface area contributed by atoms with Gasteiger partial charge in [-0.3, -0.25) is 9.36 Å². The Morgan fingerprint density at radius 2 is 1.74 bits per heavy atom. The molecule has 0 fully saturated rings. The summed E-state index contributed by atoms with van der Waals surface area (Å²) in [6.45, 7) is 2.71. The van der Waals surface area contributed by atoms with Gasteiger partial charge in [-0.05, 0) is 59.6 Å². The molecule has 1 atom stereocenters. The van der Waals surface area contributed by atoms with Crippen LogP contribution in [0.15, 0.2) is 82.7 Å². The largest absolute Gasteiger partial charge is 0.497 e. The Morgan fingerprint density at radius 3 is 2.42 bits per heavy atom. The van der Waals surface area contributed by atoms with E-state index in [1.165, 1.54) is 17.3 Å². The first-order valence-corrected chi connectivity index (χ1v) is 11.6. The summed E-state index contributed by atoms with van der Waals surface area (Å²) >= 11 is 1.50. The van der Waals surface area contributed by atoms with Crippen molar-refractivity contribution in [2.45, 2.75) is 31.0 Å². The predicted octanol–water partition coefficient (Wildman–Crippen LogP) is 5.52. The standard InChI is InChI=1S/C26H26N2O2S/c1-18(15-19-9-12-22(30-2)13-10-19)21-11-14-24-23(16-21)25(29)28(26(27-24)31-3)17-20-7-5-4-6-8-20/h4-14,16,18H,15,17H2,1-3H3. The highest BCUT2D eigenvalue weighted by molar-refractivity contribution is 7.98. The molecule has 0 amide bonds. The Labute approximate surface area is 186 Å². The first-order chi connectivity index (χ1) is 15.1. The SMILES string of the molecule is COc1ccc(CC(C)c2ccc3nc(SC)n(Cc4ccccc4)c(=O)c3c2)cc1. The van der Waals surface area contributed by atoms with E-state index >= 15 is 0 Å². The third-order valence-corrected chi connectivity index (χ3v) is 6.26. The fourth-order valence-electron chi connectivity index (χ4n) is 3.82. The van der Waals surface area contributed by atoms with E-state index < -0.39 is 0 Å². The van der Waals surface area contributed by atoms with Gasteiger partial charge in [0.1, 0.15) is 5.75 Å². The molecular weight excluding hydrogens is 404 g/mol. The fraction of sp³-hybridized carbons (Fsp3) is 0.231. The first-order valence-electron chi connectivity index (χ1n) is 10.3. The lowest BCUT2D eigenvalue weighted by Crippen LogP contribution is -2.24. The maximum absolute atomic E-state index is 13.4. The molecule has 4 rings (SSSR count). The van der Waals surface area contributed by atoms with Gasteiger partial charge < -0.3 is 4.74 Å². The molecule has 0 bridgehead atoms. The molecule has 0 aliphatic heterocycles. The lowest BCUT2D eigenvalue weighted by atomic mass is 9.93. The second-order valence-electron chi connectivity index (χ2n) is 7.71. The van der Waals surface area contributed by atoms with Gasteiger partial charge >= 0.3 is 0 Å². The van der Waals surface area contributed by atoms with Gasteiger partial charge in [-0.2, -0.15) is 0 Å². The maximum atomic E-state index is 13.4. The molecular formula is C26H26N2O2S. The second-order valence-corrected chi connectivity index (χ2v) is 8.48. The van der Waals surface area contributed by atoms with Gasteiger partial charge in [-0.1, -0.05) is 67.2 Å². The van der Waals surface area contributed by atoms with Gasteiger partial charge in [0.25, 0.3) is 5.56 Å². The summed E-state index contributed by atoms with van der Waals surface area (Å²) in [5.74, 6) is 1.14. The number of hydrogen-bond acceptors (Lipinski definition) is 4. The van der Waals surface area contributed by atoms with E-state index in [0.717, 1.165) is 34.0 Å². The molecule has 3 aromatic carbocycles. The Morgan fingerprint density at radius 1 is 1.00 bits per heavy atom. The van der Waals surface area contributed by atoms with Gasteiger partial charge in [0, 0.05) is 0 Å². The zero-order valence-electron chi connectivity index (χ0n) is 18.0. The zero-order chi connectivity index (χ0) is 21.8. The number of rotatable bonds is 7. The van der Waals surface area contributed by atoms with Crippen molar-refractivity contribution < 1.29 is 4.74 Å². The van der Waals surface area contributed by atoms with E-state index in [1.54, 1.807) is 11.7 Å². The summed E-state index contributed by atoms with van der Waals surface area (Å²) in [5, 5.41) is 1.41. The Balaban J connectivity index is 1.68. The molecule has 4 aromatic rings. The summed E-state index contributed by atoms with van der Waals surface area (Å²) in [4.78, 5) is 18.2. The number of benzene rings is 3. The van der Waals surface area contributed by atoms with Gasteiger partial charge in [-0.25, -0.2) is 4.98 Å². The molecule has 0 saturated heterocycles. The summed E-state index contributed by atoms with van der Waals surface area (Å²) in [6, 6.07) is 24.3. The predicted molar refractivity (Wildman–Crippen MR) is 128 cm³/mol. The molecule has 1 unspecified atom stereocenters. The van der Waals surface area contributed by atoms with Crippen molar-refractivity contribution >= 4 is 22.7 Å². The number of thioether (sulfide) groups is 1. The van der Waals surface area contributed by atoms with Gasteiger partial charge in [0.2, 0.25) is 0 Å². The molecule has 0 radical (unpaired) electrons. The van der Waals surface area contributed by atoms with Crippen LogP contribution in [0.4, 0.5) is 0 Å². The molecule has 158 valence electrons. The van der Waals surface area contributed by atoms with Crippen molar-refractivity contribution in [2.24, 2.45) is 0 Å². The quantitative estimate of drug-likeness (QED) is 0.286. The van der Waals surface area contributed by atoms with Crippen molar-refractivity contribution in [1.29, 1.82) is 0 Å². The third-order valence-electron chi connectivity index (χ3n) is 5.58. The van der Waals surface area contributed by atoms with Crippen molar-refractivity contribution in [3.05, 3.63) is 99.8 Å². The van der Waals surface area contributed by atoms with Crippen LogP contribution in [0.25, 0.3) is 10.9 Å². The van der Waals surface area contributed by atoms with Crippen LogP contribution in [-0.4, -0.2) is 22.9 Å². The van der Waals surface area contributed by atoms with Crippen molar-refractivity contribution in [3.63, 3.8) is 0 Å². The van der Waals surface area contributed by atoms with E-state index in [4.69, 9.17) is 9.72 Å². The molecule has 0 spiro atoms. The lowest BCUT2D eigenvalue weighted by Gasteiger charge is -2.15. The number of fused-ring (bicyclic) bond motifs is 1. The van der Waals surface area contributed by atoms with E-state index in [9.17, 15) is 4.79 Å². The summed E-state index contributed by atoms with van der Waals surface area (Å²) in [7, 11) is 1.67. The molecule has 0 aliphatic carbocycles. The van der Waals surface area contributed by atoms with Crippen LogP contribution in [0.3, 0.4) is 0 Å². The Bertz CT molecular complexity index is 1230. The van der Waals surface area contributed by atoms with E-state index in [-0.39, 0.29) is 11.5 Å². The number of methoxy groups -OCH3 is 1. The highest BCUT2D eigenvalue weighted by Gasteiger charge is 2.14. The van der Waals surface area contributed by atoms with Crippen molar-refractivity contribution in [2.75, 3.05) is 13.4 Å². The average molecular weight is 431 g/mol. The fourth-order valence-corrected chi connectivity index (χ4v) is 4.38. The topological polar surface area (TPSA) is 44.1 Å². The Hall–Kier alpha value is -3.05. The molecule has 0 saturated carbocycles. The highest BCUT2D eigenvalue weighted by atomic mass is 32.2. The molecule has 31 heavy (non-hydrogen) atoms. The first kappa shape index (κ1) is 21.2. The minimum absolute atomic E-state index is 0.0108.